The summed E-state index contributed by atoms with van der Waals surface area (Å²) >= 11 is 0. The molecule has 1 saturated carbocycles. The molecule has 1 aliphatic heterocycles. The Bertz CT molecular complexity index is 919. The zero-order valence-corrected chi connectivity index (χ0v) is 16.2. The SMILES string of the molecule is Cc1ccccc1OCC(=O)OCC(=O)Nc1ccc2c(c1)OC1(CCCC1)O2. The molecule has 2 aliphatic rings. The summed E-state index contributed by atoms with van der Waals surface area (Å²) in [4.78, 5) is 23.9. The number of rotatable bonds is 6. The summed E-state index contributed by atoms with van der Waals surface area (Å²) in [7, 11) is 0. The number of aryl methyl sites for hydroxylation is 1. The molecule has 1 amide bonds. The topological polar surface area (TPSA) is 83.1 Å². The van der Waals surface area contributed by atoms with Gasteiger partial charge in [-0.25, -0.2) is 4.79 Å². The monoisotopic (exact) mass is 397 g/mol. The number of carbonyl (C=O) groups is 2. The molecule has 2 aromatic carbocycles. The lowest BCUT2D eigenvalue weighted by Gasteiger charge is -2.21. The smallest absolute Gasteiger partial charge is 0.344 e. The van der Waals surface area contributed by atoms with E-state index in [9.17, 15) is 9.59 Å². The van der Waals surface area contributed by atoms with Crippen molar-refractivity contribution in [3.05, 3.63) is 48.0 Å². The van der Waals surface area contributed by atoms with Gasteiger partial charge in [-0.3, -0.25) is 4.79 Å². The van der Waals surface area contributed by atoms with Crippen molar-refractivity contribution in [3.63, 3.8) is 0 Å². The van der Waals surface area contributed by atoms with Gasteiger partial charge >= 0.3 is 5.97 Å². The fraction of sp³-hybridized carbons (Fsp3) is 0.364. The predicted molar refractivity (Wildman–Crippen MR) is 105 cm³/mol. The van der Waals surface area contributed by atoms with E-state index >= 15 is 0 Å². The third-order valence-corrected chi connectivity index (χ3v) is 4.99. The molecule has 0 atom stereocenters. The minimum atomic E-state index is -0.614. The van der Waals surface area contributed by atoms with Crippen molar-refractivity contribution in [2.75, 3.05) is 18.5 Å². The second-order valence-electron chi connectivity index (χ2n) is 7.25. The van der Waals surface area contributed by atoms with Gasteiger partial charge in [-0.1, -0.05) is 18.2 Å². The van der Waals surface area contributed by atoms with E-state index < -0.39 is 24.3 Å². The van der Waals surface area contributed by atoms with Crippen LogP contribution < -0.4 is 19.5 Å². The van der Waals surface area contributed by atoms with Crippen LogP contribution in [0.15, 0.2) is 42.5 Å². The van der Waals surface area contributed by atoms with E-state index in [1.54, 1.807) is 24.3 Å². The second-order valence-corrected chi connectivity index (χ2v) is 7.25. The first kappa shape index (κ1) is 19.1. The lowest BCUT2D eigenvalue weighted by atomic mass is 10.2. The van der Waals surface area contributed by atoms with E-state index in [1.165, 1.54) is 0 Å². The van der Waals surface area contributed by atoms with Crippen molar-refractivity contribution in [1.29, 1.82) is 0 Å². The van der Waals surface area contributed by atoms with E-state index in [1.807, 2.05) is 25.1 Å². The Kier molecular flexibility index (Phi) is 5.29. The molecule has 1 N–H and O–H groups in total. The van der Waals surface area contributed by atoms with Crippen LogP contribution in [0.4, 0.5) is 5.69 Å². The van der Waals surface area contributed by atoms with Crippen LogP contribution in [0.25, 0.3) is 0 Å². The van der Waals surface area contributed by atoms with Gasteiger partial charge in [-0.15, -0.1) is 0 Å². The van der Waals surface area contributed by atoms with Crippen LogP contribution in [0.1, 0.15) is 31.2 Å². The Labute approximate surface area is 168 Å². The number of ether oxygens (including phenoxy) is 4. The highest BCUT2D eigenvalue weighted by Gasteiger charge is 2.44. The van der Waals surface area contributed by atoms with Gasteiger partial charge in [0.2, 0.25) is 0 Å². The first-order chi connectivity index (χ1) is 14.0. The summed E-state index contributed by atoms with van der Waals surface area (Å²) in [5.74, 6) is 0.311. The zero-order valence-electron chi connectivity index (χ0n) is 16.2. The van der Waals surface area contributed by atoms with Crippen molar-refractivity contribution < 1.29 is 28.5 Å². The Morgan fingerprint density at radius 1 is 1.03 bits per heavy atom. The van der Waals surface area contributed by atoms with E-state index in [0.29, 0.717) is 22.9 Å². The summed E-state index contributed by atoms with van der Waals surface area (Å²) in [6.07, 6.45) is 3.89. The molecule has 1 aliphatic carbocycles. The van der Waals surface area contributed by atoms with E-state index in [2.05, 4.69) is 5.32 Å². The maximum absolute atomic E-state index is 12.1. The molecular weight excluding hydrogens is 374 g/mol. The third kappa shape index (κ3) is 4.45. The van der Waals surface area contributed by atoms with E-state index in [0.717, 1.165) is 31.2 Å². The van der Waals surface area contributed by atoms with Crippen molar-refractivity contribution in [2.45, 2.75) is 38.4 Å². The number of hydrogen-bond acceptors (Lipinski definition) is 6. The summed E-state index contributed by atoms with van der Waals surface area (Å²) < 4.78 is 22.3. The minimum absolute atomic E-state index is 0.260. The Balaban J connectivity index is 1.24. The van der Waals surface area contributed by atoms with Crippen molar-refractivity contribution in [2.24, 2.45) is 0 Å². The van der Waals surface area contributed by atoms with Crippen LogP contribution in [0.5, 0.6) is 17.2 Å². The number of carbonyl (C=O) groups excluding carboxylic acids is 2. The van der Waals surface area contributed by atoms with Gasteiger partial charge in [-0.2, -0.15) is 0 Å². The van der Waals surface area contributed by atoms with Gasteiger partial charge in [0.05, 0.1) is 0 Å². The first-order valence-electron chi connectivity index (χ1n) is 9.69. The molecule has 2 aromatic rings. The minimum Gasteiger partial charge on any atom is -0.482 e. The molecule has 0 aromatic heterocycles. The van der Waals surface area contributed by atoms with E-state index in [4.69, 9.17) is 18.9 Å². The third-order valence-electron chi connectivity index (χ3n) is 4.99. The van der Waals surface area contributed by atoms with E-state index in [-0.39, 0.29) is 6.61 Å². The number of hydrogen-bond donors (Lipinski definition) is 1. The highest BCUT2D eigenvalue weighted by molar-refractivity contribution is 5.93. The molecule has 1 heterocycles. The van der Waals surface area contributed by atoms with Crippen LogP contribution in [0.2, 0.25) is 0 Å². The van der Waals surface area contributed by atoms with Gasteiger partial charge in [0, 0.05) is 24.6 Å². The first-order valence-corrected chi connectivity index (χ1v) is 9.69. The molecule has 7 nitrogen and oxygen atoms in total. The maximum atomic E-state index is 12.1. The number of nitrogens with one attached hydrogen (secondary N) is 1. The average molecular weight is 397 g/mol. The molecule has 0 saturated heterocycles. The number of benzene rings is 2. The van der Waals surface area contributed by atoms with Crippen molar-refractivity contribution >= 4 is 17.6 Å². The number of esters is 1. The molecule has 7 heteroatoms. The van der Waals surface area contributed by atoms with Crippen LogP contribution in [-0.2, 0) is 14.3 Å². The van der Waals surface area contributed by atoms with Crippen molar-refractivity contribution in [3.8, 4) is 17.2 Å². The number of fused-ring (bicyclic) bond motifs is 1. The maximum Gasteiger partial charge on any atom is 0.344 e. The van der Waals surface area contributed by atoms with Crippen LogP contribution in [-0.4, -0.2) is 30.9 Å². The Morgan fingerprint density at radius 2 is 1.79 bits per heavy atom. The number of para-hydroxylation sites is 1. The van der Waals surface area contributed by atoms with Crippen LogP contribution >= 0.6 is 0 Å². The highest BCUT2D eigenvalue weighted by Crippen LogP contribution is 2.47. The van der Waals surface area contributed by atoms with Gasteiger partial charge in [0.1, 0.15) is 5.75 Å². The van der Waals surface area contributed by atoms with Crippen LogP contribution in [0.3, 0.4) is 0 Å². The predicted octanol–water partition coefficient (Wildman–Crippen LogP) is 3.60. The molecule has 0 bridgehead atoms. The number of amides is 1. The van der Waals surface area contributed by atoms with Gasteiger partial charge in [0.25, 0.3) is 11.7 Å². The molecule has 0 unspecified atom stereocenters. The fourth-order valence-electron chi connectivity index (χ4n) is 3.53. The normalized spacial score (nSPS) is 15.9. The van der Waals surface area contributed by atoms with Crippen molar-refractivity contribution in [1.82, 2.24) is 0 Å². The lowest BCUT2D eigenvalue weighted by molar-refractivity contribution is -0.149. The molecule has 29 heavy (non-hydrogen) atoms. The largest absolute Gasteiger partial charge is 0.482 e. The van der Waals surface area contributed by atoms with Gasteiger partial charge in [0.15, 0.2) is 24.7 Å². The molecule has 1 fully saturated rings. The van der Waals surface area contributed by atoms with Crippen LogP contribution in [0, 0.1) is 6.92 Å². The molecule has 0 radical (unpaired) electrons. The second kappa shape index (κ2) is 8.03. The molecule has 152 valence electrons. The Morgan fingerprint density at radius 3 is 2.59 bits per heavy atom. The summed E-state index contributed by atoms with van der Waals surface area (Å²) in [5.41, 5.74) is 1.47. The standard InChI is InChI=1S/C22H23NO6/c1-15-6-2-3-7-17(15)26-14-21(25)27-13-20(24)23-16-8-9-18-19(12-16)29-22(28-18)10-4-5-11-22/h2-3,6-9,12H,4-5,10-11,13-14H2,1H3,(H,23,24). The number of anilines is 1. The molecule has 4 rings (SSSR count). The summed E-state index contributed by atoms with van der Waals surface area (Å²) in [6, 6.07) is 12.6. The summed E-state index contributed by atoms with van der Waals surface area (Å²) in [5, 5.41) is 2.70. The molecular formula is C22H23NO6. The molecule has 1 spiro atoms. The van der Waals surface area contributed by atoms with Gasteiger partial charge in [-0.05, 0) is 43.5 Å². The quantitative estimate of drug-likeness (QED) is 0.750. The average Bonchev–Trinajstić information content (AvgIpc) is 3.31. The zero-order chi connectivity index (χ0) is 20.3. The highest BCUT2D eigenvalue weighted by atomic mass is 16.7. The lowest BCUT2D eigenvalue weighted by Crippen LogP contribution is -2.34. The Hall–Kier alpha value is -3.22. The van der Waals surface area contributed by atoms with Gasteiger partial charge < -0.3 is 24.3 Å². The summed E-state index contributed by atoms with van der Waals surface area (Å²) in [6.45, 7) is 1.23. The fourth-order valence-corrected chi connectivity index (χ4v) is 3.53.